The molecule has 1 aromatic carbocycles. The molecule has 0 aliphatic rings. The van der Waals surface area contributed by atoms with Gasteiger partial charge in [0.05, 0.1) is 14.2 Å². The van der Waals surface area contributed by atoms with Gasteiger partial charge in [-0.1, -0.05) is 6.92 Å². The minimum Gasteiger partial charge on any atom is -0.497 e. The Balaban J connectivity index is 2.68. The van der Waals surface area contributed by atoms with E-state index >= 15 is 0 Å². The largest absolute Gasteiger partial charge is 0.497 e. The van der Waals surface area contributed by atoms with Gasteiger partial charge in [-0.3, -0.25) is 0 Å². The first kappa shape index (κ1) is 15.8. The highest BCUT2D eigenvalue weighted by Gasteiger charge is 2.10. The van der Waals surface area contributed by atoms with Gasteiger partial charge in [0.25, 0.3) is 0 Å². The van der Waals surface area contributed by atoms with Crippen molar-refractivity contribution in [2.24, 2.45) is 11.7 Å². The van der Waals surface area contributed by atoms with E-state index < -0.39 is 0 Å². The van der Waals surface area contributed by atoms with Crippen LogP contribution in [0.2, 0.25) is 0 Å². The number of ether oxygens (including phenoxy) is 2. The number of benzene rings is 1. The summed E-state index contributed by atoms with van der Waals surface area (Å²) in [6.07, 6.45) is 1.06. The summed E-state index contributed by atoms with van der Waals surface area (Å²) in [4.78, 5) is 2.29. The highest BCUT2D eigenvalue weighted by Crippen LogP contribution is 2.25. The van der Waals surface area contributed by atoms with E-state index in [2.05, 4.69) is 18.9 Å². The molecule has 0 bridgehead atoms. The van der Waals surface area contributed by atoms with E-state index in [0.29, 0.717) is 5.92 Å². The SMILES string of the molecule is COc1ccc(OC)c(CN(C)CC(C)CCN)c1. The van der Waals surface area contributed by atoms with Gasteiger partial charge in [0, 0.05) is 18.7 Å². The molecule has 0 fully saturated rings. The number of hydrogen-bond donors (Lipinski definition) is 1. The third-order valence-electron chi connectivity index (χ3n) is 3.21. The molecule has 0 radical (unpaired) electrons. The van der Waals surface area contributed by atoms with Gasteiger partial charge < -0.3 is 20.1 Å². The Morgan fingerprint density at radius 1 is 1.26 bits per heavy atom. The van der Waals surface area contributed by atoms with Crippen molar-refractivity contribution < 1.29 is 9.47 Å². The Morgan fingerprint density at radius 2 is 2.00 bits per heavy atom. The van der Waals surface area contributed by atoms with Crippen LogP contribution in [0.5, 0.6) is 11.5 Å². The second kappa shape index (κ2) is 8.02. The van der Waals surface area contributed by atoms with Crippen molar-refractivity contribution in [1.29, 1.82) is 0 Å². The number of methoxy groups -OCH3 is 2. The molecule has 1 unspecified atom stereocenters. The number of nitrogens with two attached hydrogens (primary N) is 1. The summed E-state index contributed by atoms with van der Waals surface area (Å²) < 4.78 is 10.7. The highest BCUT2D eigenvalue weighted by molar-refractivity contribution is 5.40. The Morgan fingerprint density at radius 3 is 2.58 bits per heavy atom. The third-order valence-corrected chi connectivity index (χ3v) is 3.21. The molecular formula is C15H26N2O2. The van der Waals surface area contributed by atoms with Crippen LogP contribution in [0.15, 0.2) is 18.2 Å². The van der Waals surface area contributed by atoms with E-state index in [1.807, 2.05) is 18.2 Å². The lowest BCUT2D eigenvalue weighted by Gasteiger charge is -2.22. The minimum atomic E-state index is 0.603. The summed E-state index contributed by atoms with van der Waals surface area (Å²) in [7, 11) is 5.49. The predicted octanol–water partition coefficient (Wildman–Crippen LogP) is 2.12. The molecule has 0 aromatic heterocycles. The summed E-state index contributed by atoms with van der Waals surface area (Å²) in [6, 6.07) is 5.90. The van der Waals surface area contributed by atoms with Crippen LogP contribution in [0.1, 0.15) is 18.9 Å². The quantitative estimate of drug-likeness (QED) is 0.783. The maximum atomic E-state index is 5.59. The summed E-state index contributed by atoms with van der Waals surface area (Å²) in [5.41, 5.74) is 6.73. The van der Waals surface area contributed by atoms with Crippen molar-refractivity contribution in [2.75, 3.05) is 34.4 Å². The minimum absolute atomic E-state index is 0.603. The van der Waals surface area contributed by atoms with Crippen molar-refractivity contribution in [3.05, 3.63) is 23.8 Å². The molecular weight excluding hydrogens is 240 g/mol. The van der Waals surface area contributed by atoms with Gasteiger partial charge in [0.15, 0.2) is 0 Å². The first-order chi connectivity index (χ1) is 9.10. The van der Waals surface area contributed by atoms with Gasteiger partial charge >= 0.3 is 0 Å². The average molecular weight is 266 g/mol. The maximum absolute atomic E-state index is 5.59. The predicted molar refractivity (Wildman–Crippen MR) is 78.7 cm³/mol. The monoisotopic (exact) mass is 266 g/mol. The molecule has 108 valence electrons. The zero-order chi connectivity index (χ0) is 14.3. The molecule has 0 saturated heterocycles. The third kappa shape index (κ3) is 5.09. The summed E-state index contributed by atoms with van der Waals surface area (Å²) in [5, 5.41) is 0. The Bertz CT molecular complexity index is 382. The summed E-state index contributed by atoms with van der Waals surface area (Å²) in [5.74, 6) is 2.37. The van der Waals surface area contributed by atoms with E-state index in [1.54, 1.807) is 14.2 Å². The fourth-order valence-electron chi connectivity index (χ4n) is 2.27. The lowest BCUT2D eigenvalue weighted by Crippen LogP contribution is -2.25. The van der Waals surface area contributed by atoms with Crippen LogP contribution in [-0.4, -0.2) is 39.3 Å². The molecule has 1 atom stereocenters. The molecule has 0 aliphatic carbocycles. The van der Waals surface area contributed by atoms with E-state index in [0.717, 1.165) is 43.1 Å². The van der Waals surface area contributed by atoms with Gasteiger partial charge in [0.2, 0.25) is 0 Å². The second-order valence-corrected chi connectivity index (χ2v) is 5.06. The Labute approximate surface area is 116 Å². The van der Waals surface area contributed by atoms with Gasteiger partial charge in [0.1, 0.15) is 11.5 Å². The van der Waals surface area contributed by atoms with E-state index in [4.69, 9.17) is 15.2 Å². The number of hydrogen-bond acceptors (Lipinski definition) is 4. The molecule has 1 aromatic rings. The molecule has 0 heterocycles. The molecule has 4 heteroatoms. The van der Waals surface area contributed by atoms with Crippen molar-refractivity contribution >= 4 is 0 Å². The molecule has 0 saturated carbocycles. The van der Waals surface area contributed by atoms with E-state index in [-0.39, 0.29) is 0 Å². The topological polar surface area (TPSA) is 47.7 Å². The fraction of sp³-hybridized carbons (Fsp3) is 0.600. The Hall–Kier alpha value is -1.26. The summed E-state index contributed by atoms with van der Waals surface area (Å²) in [6.45, 7) is 4.84. The van der Waals surface area contributed by atoms with Gasteiger partial charge in [-0.2, -0.15) is 0 Å². The van der Waals surface area contributed by atoms with Crippen LogP contribution in [0.4, 0.5) is 0 Å². The van der Waals surface area contributed by atoms with E-state index in [1.165, 1.54) is 0 Å². The maximum Gasteiger partial charge on any atom is 0.123 e. The van der Waals surface area contributed by atoms with Crippen LogP contribution in [0, 0.1) is 5.92 Å². The summed E-state index contributed by atoms with van der Waals surface area (Å²) >= 11 is 0. The van der Waals surface area contributed by atoms with Crippen molar-refractivity contribution in [1.82, 2.24) is 4.90 Å². The normalized spacial score (nSPS) is 12.5. The lowest BCUT2D eigenvalue weighted by atomic mass is 10.1. The van der Waals surface area contributed by atoms with Crippen molar-refractivity contribution in [3.63, 3.8) is 0 Å². The standard InChI is InChI=1S/C15H26N2O2/c1-12(7-8-16)10-17(2)11-13-9-14(18-3)5-6-15(13)19-4/h5-6,9,12H,7-8,10-11,16H2,1-4H3. The van der Waals surface area contributed by atoms with Crippen molar-refractivity contribution in [3.8, 4) is 11.5 Å². The molecule has 0 spiro atoms. The van der Waals surface area contributed by atoms with Crippen LogP contribution in [0.3, 0.4) is 0 Å². The fourth-order valence-corrected chi connectivity index (χ4v) is 2.27. The number of rotatable bonds is 8. The average Bonchev–Trinajstić information content (AvgIpc) is 2.38. The van der Waals surface area contributed by atoms with E-state index in [9.17, 15) is 0 Å². The molecule has 2 N–H and O–H groups in total. The molecule has 0 amide bonds. The van der Waals surface area contributed by atoms with Crippen LogP contribution in [0.25, 0.3) is 0 Å². The first-order valence-corrected chi connectivity index (χ1v) is 6.70. The Kier molecular flexibility index (Phi) is 6.67. The smallest absolute Gasteiger partial charge is 0.123 e. The molecule has 4 nitrogen and oxygen atoms in total. The lowest BCUT2D eigenvalue weighted by molar-refractivity contribution is 0.268. The zero-order valence-corrected chi connectivity index (χ0v) is 12.5. The number of nitrogens with zero attached hydrogens (tertiary/aromatic N) is 1. The van der Waals surface area contributed by atoms with Gasteiger partial charge in [-0.15, -0.1) is 0 Å². The van der Waals surface area contributed by atoms with Gasteiger partial charge in [-0.25, -0.2) is 0 Å². The molecule has 1 rings (SSSR count). The van der Waals surface area contributed by atoms with Crippen molar-refractivity contribution in [2.45, 2.75) is 19.9 Å². The molecule has 19 heavy (non-hydrogen) atoms. The zero-order valence-electron chi connectivity index (χ0n) is 12.5. The van der Waals surface area contributed by atoms with Crippen LogP contribution in [-0.2, 0) is 6.54 Å². The van der Waals surface area contributed by atoms with Crippen LogP contribution >= 0.6 is 0 Å². The van der Waals surface area contributed by atoms with Crippen LogP contribution < -0.4 is 15.2 Å². The second-order valence-electron chi connectivity index (χ2n) is 5.06. The van der Waals surface area contributed by atoms with Gasteiger partial charge in [-0.05, 0) is 44.1 Å². The highest BCUT2D eigenvalue weighted by atomic mass is 16.5. The first-order valence-electron chi connectivity index (χ1n) is 6.70. The molecule has 0 aliphatic heterocycles.